The molecule has 2 aromatic carbocycles. The van der Waals surface area contributed by atoms with E-state index in [0.717, 1.165) is 23.3 Å². The van der Waals surface area contributed by atoms with Gasteiger partial charge in [0, 0.05) is 17.0 Å². The molecular formula is C18H15NO2. The second kappa shape index (κ2) is 4.10. The van der Waals surface area contributed by atoms with Crippen molar-refractivity contribution in [2.45, 2.75) is 25.7 Å². The molecule has 2 heterocycles. The molecule has 1 aromatic heterocycles. The predicted octanol–water partition coefficient (Wildman–Crippen LogP) is 4.00. The van der Waals surface area contributed by atoms with Gasteiger partial charge >= 0.3 is 0 Å². The summed E-state index contributed by atoms with van der Waals surface area (Å²) >= 11 is 0. The van der Waals surface area contributed by atoms with Gasteiger partial charge < -0.3 is 9.47 Å². The first kappa shape index (κ1) is 11.4. The van der Waals surface area contributed by atoms with Gasteiger partial charge in [0.1, 0.15) is 0 Å². The van der Waals surface area contributed by atoms with Gasteiger partial charge in [0.15, 0.2) is 11.5 Å². The topological polar surface area (TPSA) is 31.4 Å². The van der Waals surface area contributed by atoms with Gasteiger partial charge in [-0.25, -0.2) is 0 Å². The van der Waals surface area contributed by atoms with Crippen LogP contribution in [0.2, 0.25) is 0 Å². The molecular weight excluding hydrogens is 262 g/mol. The van der Waals surface area contributed by atoms with Crippen LogP contribution in [-0.4, -0.2) is 11.8 Å². The Balaban J connectivity index is 1.88. The number of nitrogens with zero attached hydrogens (tertiary/aromatic N) is 1. The van der Waals surface area contributed by atoms with Crippen LogP contribution >= 0.6 is 0 Å². The van der Waals surface area contributed by atoms with Crippen molar-refractivity contribution in [3.63, 3.8) is 0 Å². The Morgan fingerprint density at radius 2 is 1.76 bits per heavy atom. The van der Waals surface area contributed by atoms with Crippen LogP contribution in [0.25, 0.3) is 21.7 Å². The van der Waals surface area contributed by atoms with E-state index in [0.29, 0.717) is 6.79 Å². The molecule has 0 radical (unpaired) electrons. The van der Waals surface area contributed by atoms with Crippen LogP contribution in [0.15, 0.2) is 30.5 Å². The summed E-state index contributed by atoms with van der Waals surface area (Å²) in [7, 11) is 0. The van der Waals surface area contributed by atoms with Crippen molar-refractivity contribution >= 4 is 21.7 Å². The van der Waals surface area contributed by atoms with Gasteiger partial charge in [-0.1, -0.05) is 12.1 Å². The Labute approximate surface area is 122 Å². The molecule has 0 saturated heterocycles. The number of benzene rings is 2. The summed E-state index contributed by atoms with van der Waals surface area (Å²) in [6, 6.07) is 8.63. The Morgan fingerprint density at radius 1 is 0.905 bits per heavy atom. The molecule has 3 aromatic rings. The van der Waals surface area contributed by atoms with Gasteiger partial charge in [0.2, 0.25) is 6.79 Å². The molecule has 104 valence electrons. The lowest BCUT2D eigenvalue weighted by Crippen LogP contribution is -2.04. The largest absolute Gasteiger partial charge is 0.454 e. The lowest BCUT2D eigenvalue weighted by Gasteiger charge is -2.18. The van der Waals surface area contributed by atoms with Crippen molar-refractivity contribution in [3.05, 3.63) is 41.6 Å². The highest BCUT2D eigenvalue weighted by atomic mass is 16.7. The fourth-order valence-corrected chi connectivity index (χ4v) is 3.61. The van der Waals surface area contributed by atoms with Crippen LogP contribution in [0.3, 0.4) is 0 Å². The maximum atomic E-state index is 5.53. The van der Waals surface area contributed by atoms with E-state index in [-0.39, 0.29) is 0 Å². The lowest BCUT2D eigenvalue weighted by molar-refractivity contribution is 0.174. The summed E-state index contributed by atoms with van der Waals surface area (Å²) in [6.45, 7) is 0.312. The first-order valence-electron chi connectivity index (χ1n) is 7.53. The molecule has 0 atom stereocenters. The van der Waals surface area contributed by atoms with Crippen molar-refractivity contribution in [1.82, 2.24) is 4.98 Å². The molecule has 21 heavy (non-hydrogen) atoms. The smallest absolute Gasteiger partial charge is 0.231 e. The van der Waals surface area contributed by atoms with Crippen molar-refractivity contribution < 1.29 is 9.47 Å². The maximum Gasteiger partial charge on any atom is 0.231 e. The number of rotatable bonds is 0. The van der Waals surface area contributed by atoms with Crippen LogP contribution in [0.4, 0.5) is 0 Å². The third kappa shape index (κ3) is 1.57. The third-order valence-corrected chi connectivity index (χ3v) is 4.67. The predicted molar refractivity (Wildman–Crippen MR) is 82.0 cm³/mol. The fraction of sp³-hybridized carbons (Fsp3) is 0.278. The summed E-state index contributed by atoms with van der Waals surface area (Å²) in [5.41, 5.74) is 4.08. The standard InChI is InChI=1S/C18H15NO2/c1-2-4-13-11(3-1)5-6-14-15-8-17-16(20-10-21-17)7-12(15)9-19-18(13)14/h5-9H,1-4,10H2. The van der Waals surface area contributed by atoms with Gasteiger partial charge in [0.05, 0.1) is 5.52 Å². The Bertz CT molecular complexity index is 885. The van der Waals surface area contributed by atoms with Crippen molar-refractivity contribution in [2.24, 2.45) is 0 Å². The number of fused-ring (bicyclic) bond motifs is 6. The summed E-state index contributed by atoms with van der Waals surface area (Å²) in [6.07, 6.45) is 6.87. The molecule has 3 nitrogen and oxygen atoms in total. The van der Waals surface area contributed by atoms with Gasteiger partial charge in [-0.05, 0) is 54.3 Å². The molecule has 0 unspecified atom stereocenters. The molecule has 0 spiro atoms. The zero-order valence-electron chi connectivity index (χ0n) is 11.7. The molecule has 5 rings (SSSR count). The van der Waals surface area contributed by atoms with Gasteiger partial charge in [-0.2, -0.15) is 0 Å². The molecule has 0 saturated carbocycles. The monoisotopic (exact) mass is 277 g/mol. The quantitative estimate of drug-likeness (QED) is 0.582. The van der Waals surface area contributed by atoms with Crippen molar-refractivity contribution in [3.8, 4) is 11.5 Å². The highest BCUT2D eigenvalue weighted by Gasteiger charge is 2.18. The van der Waals surface area contributed by atoms with E-state index in [1.165, 1.54) is 46.7 Å². The first-order chi connectivity index (χ1) is 10.4. The minimum atomic E-state index is 0.312. The summed E-state index contributed by atoms with van der Waals surface area (Å²) in [5.74, 6) is 1.66. The van der Waals surface area contributed by atoms with Gasteiger partial charge in [-0.15, -0.1) is 0 Å². The molecule has 1 aliphatic carbocycles. The minimum absolute atomic E-state index is 0.312. The van der Waals surface area contributed by atoms with Crippen LogP contribution in [0, 0.1) is 0 Å². The zero-order valence-corrected chi connectivity index (χ0v) is 11.7. The normalized spacial score (nSPS) is 16.4. The van der Waals surface area contributed by atoms with E-state index in [1.807, 2.05) is 12.3 Å². The van der Waals surface area contributed by atoms with Crippen LogP contribution in [0.5, 0.6) is 11.5 Å². The first-order valence-corrected chi connectivity index (χ1v) is 7.53. The fourth-order valence-electron chi connectivity index (χ4n) is 3.61. The molecule has 0 fully saturated rings. The summed E-state index contributed by atoms with van der Waals surface area (Å²) in [5, 5.41) is 3.55. The molecule has 2 aliphatic rings. The van der Waals surface area contributed by atoms with Crippen LogP contribution in [-0.2, 0) is 12.8 Å². The number of hydrogen-bond acceptors (Lipinski definition) is 3. The number of hydrogen-bond donors (Lipinski definition) is 0. The number of aromatic nitrogens is 1. The van der Waals surface area contributed by atoms with E-state index >= 15 is 0 Å². The summed E-state index contributed by atoms with van der Waals surface area (Å²) < 4.78 is 11.0. The molecule has 1 aliphatic heterocycles. The van der Waals surface area contributed by atoms with E-state index < -0.39 is 0 Å². The van der Waals surface area contributed by atoms with E-state index in [1.54, 1.807) is 0 Å². The van der Waals surface area contributed by atoms with E-state index in [2.05, 4.69) is 18.2 Å². The second-order valence-electron chi connectivity index (χ2n) is 5.86. The number of pyridine rings is 1. The third-order valence-electron chi connectivity index (χ3n) is 4.67. The SMILES string of the molecule is c1cc2c(ncc3cc4c(cc32)OCO4)c2c1CCCC2. The molecule has 0 N–H and O–H groups in total. The average molecular weight is 277 g/mol. The summed E-state index contributed by atoms with van der Waals surface area (Å²) in [4.78, 5) is 4.75. The van der Waals surface area contributed by atoms with E-state index in [4.69, 9.17) is 14.5 Å². The molecule has 0 bridgehead atoms. The Kier molecular flexibility index (Phi) is 2.22. The minimum Gasteiger partial charge on any atom is -0.454 e. The number of aryl methyl sites for hydroxylation is 2. The van der Waals surface area contributed by atoms with Crippen LogP contribution < -0.4 is 9.47 Å². The Hall–Kier alpha value is -2.29. The van der Waals surface area contributed by atoms with Crippen molar-refractivity contribution in [2.75, 3.05) is 6.79 Å². The maximum absolute atomic E-state index is 5.53. The zero-order chi connectivity index (χ0) is 13.8. The average Bonchev–Trinajstić information content (AvgIpc) is 2.99. The van der Waals surface area contributed by atoms with Crippen LogP contribution in [0.1, 0.15) is 24.0 Å². The van der Waals surface area contributed by atoms with Gasteiger partial charge in [-0.3, -0.25) is 4.98 Å². The molecule has 0 amide bonds. The van der Waals surface area contributed by atoms with E-state index in [9.17, 15) is 0 Å². The lowest BCUT2D eigenvalue weighted by atomic mass is 9.89. The highest BCUT2D eigenvalue weighted by Crippen LogP contribution is 2.39. The highest BCUT2D eigenvalue weighted by molar-refractivity contribution is 6.07. The second-order valence-corrected chi connectivity index (χ2v) is 5.86. The van der Waals surface area contributed by atoms with Gasteiger partial charge in [0.25, 0.3) is 0 Å². The molecule has 3 heteroatoms. The Morgan fingerprint density at radius 3 is 2.71 bits per heavy atom. The van der Waals surface area contributed by atoms with Crippen molar-refractivity contribution in [1.29, 1.82) is 0 Å². The number of ether oxygens (including phenoxy) is 2.